The van der Waals surface area contributed by atoms with Crippen LogP contribution in [0.15, 0.2) is 36.4 Å². The summed E-state index contributed by atoms with van der Waals surface area (Å²) in [4.78, 5) is 11.3. The van der Waals surface area contributed by atoms with E-state index in [4.69, 9.17) is 9.47 Å². The van der Waals surface area contributed by atoms with E-state index in [9.17, 15) is 9.90 Å². The molecule has 0 amide bonds. The lowest BCUT2D eigenvalue weighted by atomic mass is 10.0. The number of carboxylic acid groups (broad SMARTS) is 1. The van der Waals surface area contributed by atoms with Gasteiger partial charge >= 0.3 is 5.97 Å². The van der Waals surface area contributed by atoms with Crippen LogP contribution >= 0.6 is 0 Å². The molecule has 0 radical (unpaired) electrons. The summed E-state index contributed by atoms with van der Waals surface area (Å²) in [5.74, 6) is 0.588. The lowest BCUT2D eigenvalue weighted by Gasteiger charge is -2.16. The van der Waals surface area contributed by atoms with Crippen LogP contribution in [0.3, 0.4) is 0 Å². The Bertz CT molecular complexity index is 817. The summed E-state index contributed by atoms with van der Waals surface area (Å²) in [6.07, 6.45) is 8.77. The molecule has 0 spiro atoms. The van der Waals surface area contributed by atoms with Crippen molar-refractivity contribution in [2.45, 2.75) is 38.7 Å². The number of carboxylic acids is 1. The number of ether oxygens (including phenoxy) is 2. The SMILES string of the molecule is COc1ccc(/C=C/c2cccc(C(=O)O)c2C)cc1OC1CCCC1. The molecule has 0 heterocycles. The Balaban J connectivity index is 1.84. The second-order valence-electron chi connectivity index (χ2n) is 6.59. The van der Waals surface area contributed by atoms with E-state index in [2.05, 4.69) is 0 Å². The number of methoxy groups -OCH3 is 1. The lowest BCUT2D eigenvalue weighted by Crippen LogP contribution is -2.11. The highest BCUT2D eigenvalue weighted by molar-refractivity contribution is 5.91. The third kappa shape index (κ3) is 4.07. The maximum Gasteiger partial charge on any atom is 0.335 e. The molecule has 0 bridgehead atoms. The number of benzene rings is 2. The van der Waals surface area contributed by atoms with E-state index < -0.39 is 5.97 Å². The predicted octanol–water partition coefficient (Wildman–Crippen LogP) is 5.19. The topological polar surface area (TPSA) is 55.8 Å². The van der Waals surface area contributed by atoms with Gasteiger partial charge in [-0.1, -0.05) is 30.4 Å². The molecule has 3 rings (SSSR count). The largest absolute Gasteiger partial charge is 0.493 e. The number of hydrogen-bond donors (Lipinski definition) is 1. The van der Waals surface area contributed by atoms with Crippen molar-refractivity contribution in [1.82, 2.24) is 0 Å². The molecule has 2 aromatic rings. The summed E-state index contributed by atoms with van der Waals surface area (Å²) in [5, 5.41) is 9.25. The standard InChI is InChI=1S/C22H24O4/c1-15-17(6-5-9-19(15)22(23)24)12-10-16-11-13-20(25-2)21(14-16)26-18-7-3-4-8-18/h5-6,9-14,18H,3-4,7-8H2,1-2H3,(H,23,24)/b12-10+. The van der Waals surface area contributed by atoms with Crippen molar-refractivity contribution in [2.75, 3.05) is 7.11 Å². The van der Waals surface area contributed by atoms with Gasteiger partial charge in [-0.25, -0.2) is 4.79 Å². The molecule has 0 aromatic heterocycles. The third-order valence-corrected chi connectivity index (χ3v) is 4.84. The van der Waals surface area contributed by atoms with Crippen LogP contribution in [0.5, 0.6) is 11.5 Å². The number of aromatic carboxylic acids is 1. The fourth-order valence-electron chi connectivity index (χ4n) is 3.33. The van der Waals surface area contributed by atoms with E-state index in [0.717, 1.165) is 41.0 Å². The van der Waals surface area contributed by atoms with Crippen LogP contribution in [-0.4, -0.2) is 24.3 Å². The van der Waals surface area contributed by atoms with Crippen LogP contribution in [-0.2, 0) is 0 Å². The smallest absolute Gasteiger partial charge is 0.335 e. The Hall–Kier alpha value is -2.75. The molecule has 0 aliphatic heterocycles. The van der Waals surface area contributed by atoms with E-state index >= 15 is 0 Å². The van der Waals surface area contributed by atoms with Crippen molar-refractivity contribution in [3.8, 4) is 11.5 Å². The Kier molecular flexibility index (Phi) is 5.61. The van der Waals surface area contributed by atoms with Gasteiger partial charge in [-0.15, -0.1) is 0 Å². The van der Waals surface area contributed by atoms with Crippen molar-refractivity contribution >= 4 is 18.1 Å². The Morgan fingerprint density at radius 3 is 2.58 bits per heavy atom. The Morgan fingerprint density at radius 1 is 1.12 bits per heavy atom. The van der Waals surface area contributed by atoms with E-state index in [-0.39, 0.29) is 6.10 Å². The minimum absolute atomic E-state index is 0.262. The van der Waals surface area contributed by atoms with Gasteiger partial charge in [0.2, 0.25) is 0 Å². The lowest BCUT2D eigenvalue weighted by molar-refractivity contribution is 0.0696. The van der Waals surface area contributed by atoms with Gasteiger partial charge in [0.1, 0.15) is 0 Å². The van der Waals surface area contributed by atoms with Crippen LogP contribution in [0, 0.1) is 6.92 Å². The van der Waals surface area contributed by atoms with Gasteiger partial charge < -0.3 is 14.6 Å². The van der Waals surface area contributed by atoms with E-state index in [1.807, 2.05) is 43.3 Å². The predicted molar refractivity (Wildman–Crippen MR) is 103 cm³/mol. The number of rotatable bonds is 6. The molecule has 0 saturated heterocycles. The van der Waals surface area contributed by atoms with Gasteiger partial charge in [0, 0.05) is 0 Å². The van der Waals surface area contributed by atoms with Gasteiger partial charge in [-0.3, -0.25) is 0 Å². The van der Waals surface area contributed by atoms with Crippen LogP contribution in [0.4, 0.5) is 0 Å². The highest BCUT2D eigenvalue weighted by Gasteiger charge is 2.18. The number of carbonyl (C=O) groups is 1. The van der Waals surface area contributed by atoms with Gasteiger partial charge in [0.05, 0.1) is 18.8 Å². The van der Waals surface area contributed by atoms with Crippen molar-refractivity contribution in [3.05, 3.63) is 58.7 Å². The van der Waals surface area contributed by atoms with Gasteiger partial charge in [0.15, 0.2) is 11.5 Å². The first-order chi connectivity index (χ1) is 12.6. The van der Waals surface area contributed by atoms with E-state index in [0.29, 0.717) is 5.56 Å². The van der Waals surface area contributed by atoms with Crippen LogP contribution in [0.25, 0.3) is 12.2 Å². The summed E-state index contributed by atoms with van der Waals surface area (Å²) >= 11 is 0. The van der Waals surface area contributed by atoms with Crippen LogP contribution < -0.4 is 9.47 Å². The quantitative estimate of drug-likeness (QED) is 0.727. The molecule has 26 heavy (non-hydrogen) atoms. The fraction of sp³-hybridized carbons (Fsp3) is 0.318. The summed E-state index contributed by atoms with van der Waals surface area (Å²) in [5.41, 5.74) is 2.96. The molecule has 4 heteroatoms. The van der Waals surface area contributed by atoms with Crippen molar-refractivity contribution in [2.24, 2.45) is 0 Å². The summed E-state index contributed by atoms with van der Waals surface area (Å²) in [7, 11) is 1.65. The van der Waals surface area contributed by atoms with Crippen LogP contribution in [0.2, 0.25) is 0 Å². The molecule has 1 saturated carbocycles. The van der Waals surface area contributed by atoms with Crippen LogP contribution in [0.1, 0.15) is 52.7 Å². The summed E-state index contributed by atoms with van der Waals surface area (Å²) < 4.78 is 11.5. The number of hydrogen-bond acceptors (Lipinski definition) is 3. The van der Waals surface area contributed by atoms with Crippen molar-refractivity contribution in [3.63, 3.8) is 0 Å². The zero-order valence-corrected chi connectivity index (χ0v) is 15.2. The highest BCUT2D eigenvalue weighted by Crippen LogP contribution is 2.33. The van der Waals surface area contributed by atoms with Gasteiger partial charge in [0.25, 0.3) is 0 Å². The third-order valence-electron chi connectivity index (χ3n) is 4.84. The molecule has 1 aliphatic rings. The normalized spacial score (nSPS) is 14.7. The fourth-order valence-corrected chi connectivity index (χ4v) is 3.33. The average Bonchev–Trinajstić information content (AvgIpc) is 3.14. The first kappa shape index (κ1) is 18.1. The average molecular weight is 352 g/mol. The molecule has 1 fully saturated rings. The van der Waals surface area contributed by atoms with Crippen molar-refractivity contribution < 1.29 is 19.4 Å². The maximum absolute atomic E-state index is 11.3. The molecule has 0 atom stereocenters. The van der Waals surface area contributed by atoms with Gasteiger partial charge in [-0.05, 0) is 67.5 Å². The second kappa shape index (κ2) is 8.09. The zero-order chi connectivity index (χ0) is 18.5. The molecule has 2 aromatic carbocycles. The van der Waals surface area contributed by atoms with E-state index in [1.165, 1.54) is 12.8 Å². The monoisotopic (exact) mass is 352 g/mol. The first-order valence-corrected chi connectivity index (χ1v) is 8.94. The molecule has 1 aliphatic carbocycles. The Labute approximate surface area is 154 Å². The van der Waals surface area contributed by atoms with E-state index in [1.54, 1.807) is 19.2 Å². The minimum Gasteiger partial charge on any atom is -0.493 e. The summed E-state index contributed by atoms with van der Waals surface area (Å²) in [6, 6.07) is 11.1. The minimum atomic E-state index is -0.908. The Morgan fingerprint density at radius 2 is 1.88 bits per heavy atom. The first-order valence-electron chi connectivity index (χ1n) is 8.94. The molecule has 4 nitrogen and oxygen atoms in total. The van der Waals surface area contributed by atoms with Gasteiger partial charge in [-0.2, -0.15) is 0 Å². The molecular weight excluding hydrogens is 328 g/mol. The van der Waals surface area contributed by atoms with Crippen molar-refractivity contribution in [1.29, 1.82) is 0 Å². The molecule has 0 unspecified atom stereocenters. The highest BCUT2D eigenvalue weighted by atomic mass is 16.5. The molecule has 1 N–H and O–H groups in total. The molecule has 136 valence electrons. The molecular formula is C22H24O4. The zero-order valence-electron chi connectivity index (χ0n) is 15.2. The second-order valence-corrected chi connectivity index (χ2v) is 6.59. The maximum atomic E-state index is 11.3. The summed E-state index contributed by atoms with van der Waals surface area (Å²) in [6.45, 7) is 1.83.